The number of likely N-dealkylation sites (tertiary alicyclic amines) is 1. The molecular formula is C26H35N5O2. The number of ether oxygens (including phenoxy) is 2. The van der Waals surface area contributed by atoms with E-state index < -0.39 is 0 Å². The summed E-state index contributed by atoms with van der Waals surface area (Å²) in [6, 6.07) is 12.4. The van der Waals surface area contributed by atoms with Crippen molar-refractivity contribution in [2.45, 2.75) is 32.1 Å². The van der Waals surface area contributed by atoms with Crippen molar-refractivity contribution >= 4 is 22.4 Å². The van der Waals surface area contributed by atoms with Crippen LogP contribution in [-0.2, 0) is 6.42 Å². The lowest BCUT2D eigenvalue weighted by atomic mass is 10.1. The summed E-state index contributed by atoms with van der Waals surface area (Å²) >= 11 is 0. The summed E-state index contributed by atoms with van der Waals surface area (Å²) in [5, 5.41) is 7.53. The van der Waals surface area contributed by atoms with E-state index in [1.165, 1.54) is 37.9 Å². The molecule has 7 heteroatoms. The number of nitrogens with one attached hydrogen (secondary N) is 2. The molecule has 0 spiro atoms. The highest BCUT2D eigenvalue weighted by Gasteiger charge is 2.13. The molecule has 7 nitrogen and oxygen atoms in total. The van der Waals surface area contributed by atoms with Crippen LogP contribution in [0, 0.1) is 0 Å². The predicted octanol–water partition coefficient (Wildman–Crippen LogP) is 4.59. The van der Waals surface area contributed by atoms with Gasteiger partial charge in [0, 0.05) is 37.3 Å². The Bertz CT molecular complexity index is 1020. The highest BCUT2D eigenvalue weighted by Crippen LogP contribution is 2.34. The van der Waals surface area contributed by atoms with Crippen molar-refractivity contribution in [3.8, 4) is 11.5 Å². The Hall–Kier alpha value is -3.06. The summed E-state index contributed by atoms with van der Waals surface area (Å²) in [5.74, 6) is 2.25. The Morgan fingerprint density at radius 2 is 1.82 bits per heavy atom. The molecule has 1 saturated heterocycles. The van der Waals surface area contributed by atoms with Crippen LogP contribution in [0.25, 0.3) is 10.9 Å². The minimum absolute atomic E-state index is 0.668. The van der Waals surface area contributed by atoms with Gasteiger partial charge in [-0.2, -0.15) is 0 Å². The van der Waals surface area contributed by atoms with Gasteiger partial charge in [0.2, 0.25) is 0 Å². The first-order valence-corrected chi connectivity index (χ1v) is 12.0. The van der Waals surface area contributed by atoms with Crippen LogP contribution in [0.15, 0.2) is 42.7 Å². The molecule has 33 heavy (non-hydrogen) atoms. The molecule has 0 amide bonds. The first-order valence-electron chi connectivity index (χ1n) is 12.0. The molecule has 4 rings (SSSR count). The lowest BCUT2D eigenvalue weighted by Gasteiger charge is -2.26. The summed E-state index contributed by atoms with van der Waals surface area (Å²) in [7, 11) is 3.60. The highest BCUT2D eigenvalue weighted by atomic mass is 16.5. The summed E-state index contributed by atoms with van der Waals surface area (Å²) in [6.07, 6.45) is 7.51. The maximum Gasteiger partial charge on any atom is 0.163 e. The van der Waals surface area contributed by atoms with Gasteiger partial charge >= 0.3 is 0 Å². The van der Waals surface area contributed by atoms with Crippen LogP contribution in [0.1, 0.15) is 31.2 Å². The zero-order chi connectivity index (χ0) is 22.9. The second-order valence-electron chi connectivity index (χ2n) is 8.47. The molecule has 2 aromatic carbocycles. The SMILES string of the molecule is CNc1ccc(CCNc2ncnc3cc(OCCCN4CCCCC4)c(OC)cc23)cc1. The first-order chi connectivity index (χ1) is 16.3. The van der Waals surface area contributed by atoms with Crippen LogP contribution in [0.3, 0.4) is 0 Å². The number of anilines is 2. The van der Waals surface area contributed by atoms with Gasteiger partial charge in [-0.3, -0.25) is 0 Å². The number of piperidine rings is 1. The summed E-state index contributed by atoms with van der Waals surface area (Å²) in [4.78, 5) is 11.5. The van der Waals surface area contributed by atoms with Crippen molar-refractivity contribution < 1.29 is 9.47 Å². The smallest absolute Gasteiger partial charge is 0.163 e. The number of rotatable bonds is 11. The second kappa shape index (κ2) is 11.7. The topological polar surface area (TPSA) is 71.5 Å². The largest absolute Gasteiger partial charge is 0.493 e. The normalized spacial score (nSPS) is 14.2. The fourth-order valence-electron chi connectivity index (χ4n) is 4.29. The van der Waals surface area contributed by atoms with Gasteiger partial charge in [-0.25, -0.2) is 9.97 Å². The van der Waals surface area contributed by atoms with E-state index in [4.69, 9.17) is 9.47 Å². The monoisotopic (exact) mass is 449 g/mol. The van der Waals surface area contributed by atoms with E-state index in [2.05, 4.69) is 49.8 Å². The summed E-state index contributed by atoms with van der Waals surface area (Å²) < 4.78 is 11.7. The maximum atomic E-state index is 6.09. The Balaban J connectivity index is 1.37. The molecule has 1 aliphatic heterocycles. The molecule has 0 radical (unpaired) electrons. The number of hydrogen-bond acceptors (Lipinski definition) is 7. The van der Waals surface area contributed by atoms with Crippen molar-refractivity contribution in [2.24, 2.45) is 0 Å². The van der Waals surface area contributed by atoms with E-state index in [1.54, 1.807) is 13.4 Å². The molecule has 0 bridgehead atoms. The van der Waals surface area contributed by atoms with Gasteiger partial charge in [0.05, 0.1) is 19.2 Å². The molecule has 176 valence electrons. The Morgan fingerprint density at radius 3 is 2.58 bits per heavy atom. The van der Waals surface area contributed by atoms with E-state index in [0.29, 0.717) is 12.4 Å². The Labute approximate surface area is 196 Å². The van der Waals surface area contributed by atoms with E-state index in [9.17, 15) is 0 Å². The quantitative estimate of drug-likeness (QED) is 0.415. The van der Waals surface area contributed by atoms with Gasteiger partial charge in [0.25, 0.3) is 0 Å². The van der Waals surface area contributed by atoms with Gasteiger partial charge in [-0.1, -0.05) is 18.6 Å². The first kappa shape index (κ1) is 23.1. The van der Waals surface area contributed by atoms with Crippen LogP contribution in [0.5, 0.6) is 11.5 Å². The standard InChI is InChI=1S/C26H35N5O2/c1-27-21-9-7-20(8-10-21)11-12-28-26-22-17-24(32-2)25(18-23(22)29-19-30-26)33-16-6-15-31-13-4-3-5-14-31/h7-10,17-19,27H,3-6,11-16H2,1-2H3,(H,28,29,30). The average molecular weight is 450 g/mol. The molecule has 0 atom stereocenters. The van der Waals surface area contributed by atoms with Crippen LogP contribution in [0.4, 0.5) is 11.5 Å². The van der Waals surface area contributed by atoms with Crippen LogP contribution >= 0.6 is 0 Å². The fraction of sp³-hybridized carbons (Fsp3) is 0.462. The number of nitrogens with zero attached hydrogens (tertiary/aromatic N) is 3. The second-order valence-corrected chi connectivity index (χ2v) is 8.47. The van der Waals surface area contributed by atoms with Crippen molar-refractivity contribution in [3.63, 3.8) is 0 Å². The number of hydrogen-bond donors (Lipinski definition) is 2. The number of benzene rings is 2. The van der Waals surface area contributed by atoms with Crippen molar-refractivity contribution in [2.75, 3.05) is 57.6 Å². The van der Waals surface area contributed by atoms with Crippen molar-refractivity contribution in [3.05, 3.63) is 48.3 Å². The lowest BCUT2D eigenvalue weighted by Crippen LogP contribution is -2.31. The third-order valence-corrected chi connectivity index (χ3v) is 6.19. The van der Waals surface area contributed by atoms with E-state index >= 15 is 0 Å². The average Bonchev–Trinajstić information content (AvgIpc) is 2.87. The maximum absolute atomic E-state index is 6.09. The van der Waals surface area contributed by atoms with E-state index in [1.807, 2.05) is 19.2 Å². The zero-order valence-corrected chi connectivity index (χ0v) is 19.8. The van der Waals surface area contributed by atoms with Crippen LogP contribution < -0.4 is 20.1 Å². The molecule has 2 heterocycles. The fourth-order valence-corrected chi connectivity index (χ4v) is 4.29. The highest BCUT2D eigenvalue weighted by molar-refractivity contribution is 5.91. The molecule has 1 fully saturated rings. The molecular weight excluding hydrogens is 414 g/mol. The van der Waals surface area contributed by atoms with Gasteiger partial charge < -0.3 is 25.0 Å². The number of aromatic nitrogens is 2. The van der Waals surface area contributed by atoms with Gasteiger partial charge in [0.1, 0.15) is 12.1 Å². The molecule has 2 N–H and O–H groups in total. The molecule has 3 aromatic rings. The Morgan fingerprint density at radius 1 is 1.00 bits per heavy atom. The van der Waals surface area contributed by atoms with Gasteiger partial charge in [-0.05, 0) is 62.5 Å². The van der Waals surface area contributed by atoms with Crippen LogP contribution in [0.2, 0.25) is 0 Å². The van der Waals surface area contributed by atoms with Crippen molar-refractivity contribution in [1.82, 2.24) is 14.9 Å². The van der Waals surface area contributed by atoms with E-state index in [-0.39, 0.29) is 0 Å². The molecule has 1 aliphatic rings. The van der Waals surface area contributed by atoms with Gasteiger partial charge in [-0.15, -0.1) is 0 Å². The number of fused-ring (bicyclic) bond motifs is 1. The minimum Gasteiger partial charge on any atom is -0.493 e. The summed E-state index contributed by atoms with van der Waals surface area (Å²) in [6.45, 7) is 4.97. The zero-order valence-electron chi connectivity index (χ0n) is 19.8. The lowest BCUT2D eigenvalue weighted by molar-refractivity contribution is 0.203. The molecule has 0 aliphatic carbocycles. The molecule has 0 saturated carbocycles. The van der Waals surface area contributed by atoms with Gasteiger partial charge in [0.15, 0.2) is 11.5 Å². The summed E-state index contributed by atoms with van der Waals surface area (Å²) in [5.41, 5.74) is 3.24. The third kappa shape index (κ3) is 6.26. The van der Waals surface area contributed by atoms with E-state index in [0.717, 1.165) is 54.1 Å². The predicted molar refractivity (Wildman–Crippen MR) is 135 cm³/mol. The van der Waals surface area contributed by atoms with Crippen LogP contribution in [-0.4, -0.2) is 61.8 Å². The van der Waals surface area contributed by atoms with Crippen molar-refractivity contribution in [1.29, 1.82) is 0 Å². The molecule has 0 unspecified atom stereocenters. The minimum atomic E-state index is 0.668. The Kier molecular flexibility index (Phi) is 8.19. The number of methoxy groups -OCH3 is 1. The molecule has 1 aromatic heterocycles. The third-order valence-electron chi connectivity index (χ3n) is 6.19.